The van der Waals surface area contributed by atoms with Crippen LogP contribution in [0.25, 0.3) is 88.8 Å². The molecule has 4 nitrogen and oxygen atoms in total. The molecule has 2 unspecified atom stereocenters. The Morgan fingerprint density at radius 2 is 1.20 bits per heavy atom. The van der Waals surface area contributed by atoms with Crippen molar-refractivity contribution in [1.29, 1.82) is 0 Å². The number of para-hydroxylation sites is 4. The van der Waals surface area contributed by atoms with Gasteiger partial charge in [-0.25, -0.2) is 0 Å². The van der Waals surface area contributed by atoms with Crippen LogP contribution in [-0.2, 0) is 6.42 Å². The topological polar surface area (TPSA) is 34.5 Å². The van der Waals surface area contributed by atoms with Gasteiger partial charge in [-0.2, -0.15) is 0 Å². The Labute approximate surface area is 377 Å². The largest absolute Gasteiger partial charge is 0.456 e. The Balaban J connectivity index is 0.868. The van der Waals surface area contributed by atoms with Crippen molar-refractivity contribution in [2.24, 2.45) is 5.92 Å². The summed E-state index contributed by atoms with van der Waals surface area (Å²) in [5, 5.41) is 5.93. The van der Waals surface area contributed by atoms with E-state index < -0.39 is 0 Å². The van der Waals surface area contributed by atoms with Gasteiger partial charge in [0.1, 0.15) is 22.3 Å². The highest BCUT2D eigenvalue weighted by atomic mass is 16.3. The normalized spacial score (nSPS) is 15.9. The summed E-state index contributed by atoms with van der Waals surface area (Å²) in [4.78, 5) is 2.39. The second-order valence-electron chi connectivity index (χ2n) is 17.7. The van der Waals surface area contributed by atoms with Gasteiger partial charge < -0.3 is 18.3 Å². The van der Waals surface area contributed by atoms with Crippen LogP contribution in [0.4, 0.5) is 11.4 Å². The molecular weight excluding hydrogens is 793 g/mol. The number of aromatic nitrogens is 1. The second-order valence-corrected chi connectivity index (χ2v) is 17.7. The van der Waals surface area contributed by atoms with Gasteiger partial charge in [0.05, 0.1) is 5.52 Å². The van der Waals surface area contributed by atoms with Crippen LogP contribution in [0.3, 0.4) is 0 Å². The molecule has 0 fully saturated rings. The lowest BCUT2D eigenvalue weighted by Crippen LogP contribution is -2.17. The fourth-order valence-electron chi connectivity index (χ4n) is 10.5. The summed E-state index contributed by atoms with van der Waals surface area (Å²) >= 11 is 0. The van der Waals surface area contributed by atoms with Crippen LogP contribution in [0.1, 0.15) is 36.1 Å². The first-order valence-electron chi connectivity index (χ1n) is 22.7. The molecule has 11 aromatic rings. The molecule has 3 aromatic heterocycles. The van der Waals surface area contributed by atoms with E-state index in [4.69, 9.17) is 8.83 Å². The lowest BCUT2D eigenvalue weighted by atomic mass is 9.90. The molecule has 0 saturated carbocycles. The Bertz CT molecular complexity index is 3730. The Hall–Kier alpha value is -8.08. The fraction of sp³-hybridized carbons (Fsp3) is 0.0820. The minimum absolute atomic E-state index is 0.253. The molecule has 0 aliphatic heterocycles. The summed E-state index contributed by atoms with van der Waals surface area (Å²) in [6.07, 6.45) is 13.6. The van der Waals surface area contributed by atoms with E-state index in [9.17, 15) is 0 Å². The molecule has 13 rings (SSSR count). The molecule has 2 aliphatic rings. The molecule has 310 valence electrons. The third-order valence-electron chi connectivity index (χ3n) is 13.7. The van der Waals surface area contributed by atoms with Crippen LogP contribution in [-0.4, -0.2) is 4.57 Å². The zero-order valence-corrected chi connectivity index (χ0v) is 36.0. The first-order chi connectivity index (χ1) is 32.1. The maximum atomic E-state index is 6.45. The van der Waals surface area contributed by atoms with Crippen molar-refractivity contribution in [3.8, 4) is 27.9 Å². The van der Waals surface area contributed by atoms with Crippen LogP contribution in [0.5, 0.6) is 0 Å². The van der Waals surface area contributed by atoms with Gasteiger partial charge >= 0.3 is 0 Å². The van der Waals surface area contributed by atoms with E-state index in [0.29, 0.717) is 5.92 Å². The van der Waals surface area contributed by atoms with Crippen molar-refractivity contribution in [2.45, 2.75) is 25.7 Å². The summed E-state index contributed by atoms with van der Waals surface area (Å²) < 4.78 is 15.0. The van der Waals surface area contributed by atoms with Crippen molar-refractivity contribution < 1.29 is 8.83 Å². The summed E-state index contributed by atoms with van der Waals surface area (Å²) in [7, 11) is 0. The van der Waals surface area contributed by atoms with E-state index in [1.807, 2.05) is 24.3 Å². The molecule has 2 aliphatic carbocycles. The van der Waals surface area contributed by atoms with Crippen molar-refractivity contribution in [2.75, 3.05) is 4.90 Å². The summed E-state index contributed by atoms with van der Waals surface area (Å²) in [5.74, 6) is 0.752. The quantitative estimate of drug-likeness (QED) is 0.160. The number of hydrogen-bond donors (Lipinski definition) is 0. The van der Waals surface area contributed by atoms with Gasteiger partial charge in [-0.05, 0) is 132 Å². The Morgan fingerprint density at radius 1 is 0.523 bits per heavy atom. The molecule has 65 heavy (non-hydrogen) atoms. The van der Waals surface area contributed by atoms with Gasteiger partial charge in [0.15, 0.2) is 0 Å². The van der Waals surface area contributed by atoms with E-state index >= 15 is 0 Å². The molecule has 0 radical (unpaired) electrons. The Morgan fingerprint density at radius 3 is 1.97 bits per heavy atom. The van der Waals surface area contributed by atoms with Crippen LogP contribution in [0.2, 0.25) is 0 Å². The average molecular weight is 837 g/mol. The van der Waals surface area contributed by atoms with E-state index in [-0.39, 0.29) is 5.92 Å². The predicted molar refractivity (Wildman–Crippen MR) is 270 cm³/mol. The molecule has 0 spiro atoms. The van der Waals surface area contributed by atoms with Gasteiger partial charge in [-0.3, -0.25) is 0 Å². The second kappa shape index (κ2) is 15.0. The van der Waals surface area contributed by atoms with Crippen molar-refractivity contribution >= 4 is 72.2 Å². The molecule has 0 bridgehead atoms. The van der Waals surface area contributed by atoms with Gasteiger partial charge in [-0.15, -0.1) is 0 Å². The molecule has 0 amide bonds. The van der Waals surface area contributed by atoms with Gasteiger partial charge in [0.25, 0.3) is 0 Å². The molecular formula is C61H44N2O2. The van der Waals surface area contributed by atoms with Crippen molar-refractivity contribution in [3.63, 3.8) is 0 Å². The molecule has 0 N–H and O–H groups in total. The number of nitrogens with zero attached hydrogens (tertiary/aromatic N) is 2. The highest BCUT2D eigenvalue weighted by molar-refractivity contribution is 6.09. The smallest absolute Gasteiger partial charge is 0.143 e. The minimum Gasteiger partial charge on any atom is -0.456 e. The third kappa shape index (κ3) is 6.28. The fourth-order valence-corrected chi connectivity index (χ4v) is 10.5. The lowest BCUT2D eigenvalue weighted by molar-refractivity contribution is 0.668. The highest BCUT2D eigenvalue weighted by Gasteiger charge is 2.23. The number of hydrogen-bond acceptors (Lipinski definition) is 3. The first kappa shape index (κ1) is 37.5. The van der Waals surface area contributed by atoms with E-state index in [2.05, 4.69) is 204 Å². The number of benzene rings is 8. The molecule has 2 atom stereocenters. The summed E-state index contributed by atoms with van der Waals surface area (Å²) in [5.41, 5.74) is 18.1. The van der Waals surface area contributed by atoms with E-state index in [0.717, 1.165) is 79.5 Å². The number of rotatable bonds is 7. The van der Waals surface area contributed by atoms with E-state index in [1.165, 1.54) is 49.9 Å². The Kier molecular flexibility index (Phi) is 8.67. The number of furan rings is 2. The predicted octanol–water partition coefficient (Wildman–Crippen LogP) is 16.7. The van der Waals surface area contributed by atoms with Crippen molar-refractivity contribution in [1.82, 2.24) is 4.57 Å². The lowest BCUT2D eigenvalue weighted by Gasteiger charge is -2.29. The first-order valence-corrected chi connectivity index (χ1v) is 22.7. The van der Waals surface area contributed by atoms with Gasteiger partial charge in [0, 0.05) is 66.9 Å². The third-order valence-corrected chi connectivity index (χ3v) is 13.7. The zero-order chi connectivity index (χ0) is 43.0. The monoisotopic (exact) mass is 836 g/mol. The van der Waals surface area contributed by atoms with E-state index in [1.54, 1.807) is 0 Å². The molecule has 4 heteroatoms. The van der Waals surface area contributed by atoms with Crippen LogP contribution >= 0.6 is 0 Å². The molecule has 3 heterocycles. The van der Waals surface area contributed by atoms with Crippen LogP contribution in [0, 0.1) is 5.92 Å². The van der Waals surface area contributed by atoms with Crippen LogP contribution in [0.15, 0.2) is 221 Å². The van der Waals surface area contributed by atoms with Crippen LogP contribution < -0.4 is 4.90 Å². The highest BCUT2D eigenvalue weighted by Crippen LogP contribution is 2.42. The van der Waals surface area contributed by atoms with Crippen molar-refractivity contribution in [3.05, 3.63) is 229 Å². The average Bonchev–Trinajstić information content (AvgIpc) is 4.04. The summed E-state index contributed by atoms with van der Waals surface area (Å²) in [6, 6.07) is 65.5. The molecule has 0 saturated heterocycles. The maximum Gasteiger partial charge on any atom is 0.143 e. The number of anilines is 2. The van der Waals surface area contributed by atoms with Gasteiger partial charge in [-0.1, -0.05) is 134 Å². The maximum absolute atomic E-state index is 6.45. The number of fused-ring (bicyclic) bond motifs is 9. The summed E-state index contributed by atoms with van der Waals surface area (Å²) in [6.45, 7) is 2.31. The molecule has 8 aromatic carbocycles. The SMILES string of the molecule is CC1C=Cc2c(c3cc(-c4ccc(N(C5=CCC(c6ccc7oc8ccccc8c7c6)C=C5)c5ccc(-c6cccc7c6oc6ccccc67)cc5)cc4)ccc3n2-c2ccccc2)C1. The minimum atomic E-state index is 0.253. The number of allylic oxidation sites excluding steroid dienone is 4. The zero-order valence-electron chi connectivity index (χ0n) is 36.0. The standard InChI is InChI=1S/C61H44N2O2/c1-39-18-33-56-53(36-39)54-37-43(25-34-57(54)63(56)45-10-3-2-4-11-45)40-19-27-46(28-20-40)62(47-29-21-41(22-30-47)44-26-35-60-55(38-44)51-13-6-7-16-58(51)64-60)48-31-23-42(24-32-48)49-14-9-15-52-50-12-5-8-17-59(50)65-61(49)52/h2-21,23-35,37-39,41H,22,36H2,1H3. The van der Waals surface area contributed by atoms with Gasteiger partial charge in [0.2, 0.25) is 0 Å².